The molecule has 6 heteroatoms. The summed E-state index contributed by atoms with van der Waals surface area (Å²) in [6.45, 7) is 7.63. The quantitative estimate of drug-likeness (QED) is 0.715. The van der Waals surface area contributed by atoms with Gasteiger partial charge in [0.05, 0.1) is 24.5 Å². The average molecular weight is 383 g/mol. The third kappa shape index (κ3) is 3.98. The van der Waals surface area contributed by atoms with Crippen molar-refractivity contribution in [1.82, 2.24) is 14.8 Å². The number of nitrogens with zero attached hydrogens (tertiary/aromatic N) is 3. The van der Waals surface area contributed by atoms with Crippen LogP contribution in [0.15, 0.2) is 47.5 Å². The van der Waals surface area contributed by atoms with Crippen molar-refractivity contribution in [1.29, 1.82) is 0 Å². The van der Waals surface area contributed by atoms with Gasteiger partial charge >= 0.3 is 5.97 Å². The Morgan fingerprint density at radius 3 is 2.89 bits per heavy atom. The lowest BCUT2D eigenvalue weighted by Gasteiger charge is -2.31. The molecule has 4 heterocycles. The molecule has 2 aromatic heterocycles. The van der Waals surface area contributed by atoms with E-state index in [1.807, 2.05) is 31.5 Å². The molecule has 0 bridgehead atoms. The number of ether oxygens (including phenoxy) is 1. The van der Waals surface area contributed by atoms with Gasteiger partial charge in [-0.15, -0.1) is 0 Å². The maximum absolute atomic E-state index is 13.1. The van der Waals surface area contributed by atoms with Crippen LogP contribution in [0.5, 0.6) is 0 Å². The van der Waals surface area contributed by atoms with Gasteiger partial charge in [-0.3, -0.25) is 19.6 Å². The number of hydrogen-bond acceptors (Lipinski definition) is 6. The summed E-state index contributed by atoms with van der Waals surface area (Å²) in [5.41, 5.74) is 1.98. The topological polar surface area (TPSA) is 58.8 Å². The third-order valence-corrected chi connectivity index (χ3v) is 6.14. The van der Waals surface area contributed by atoms with Gasteiger partial charge in [0.25, 0.3) is 0 Å². The number of aromatic nitrogens is 1. The van der Waals surface area contributed by atoms with Crippen molar-refractivity contribution in [3.8, 4) is 0 Å². The second kappa shape index (κ2) is 8.45. The number of furan rings is 1. The summed E-state index contributed by atoms with van der Waals surface area (Å²) < 4.78 is 10.8. The smallest absolute Gasteiger partial charge is 0.313 e. The fourth-order valence-electron chi connectivity index (χ4n) is 4.88. The van der Waals surface area contributed by atoms with E-state index in [0.29, 0.717) is 6.61 Å². The van der Waals surface area contributed by atoms with Gasteiger partial charge in [0, 0.05) is 56.6 Å². The minimum Gasteiger partial charge on any atom is -0.472 e. The molecule has 2 aromatic rings. The summed E-state index contributed by atoms with van der Waals surface area (Å²) in [5, 5.41) is 0. The van der Waals surface area contributed by atoms with Crippen LogP contribution in [0.2, 0.25) is 0 Å². The van der Waals surface area contributed by atoms with Crippen molar-refractivity contribution in [3.63, 3.8) is 0 Å². The molecule has 0 N–H and O–H groups in total. The number of pyridine rings is 1. The molecule has 150 valence electrons. The van der Waals surface area contributed by atoms with Crippen LogP contribution >= 0.6 is 0 Å². The van der Waals surface area contributed by atoms with Crippen LogP contribution in [-0.4, -0.2) is 53.5 Å². The number of fused-ring (bicyclic) bond motifs is 1. The van der Waals surface area contributed by atoms with E-state index in [0.717, 1.165) is 57.7 Å². The Balaban J connectivity index is 1.52. The first-order valence-corrected chi connectivity index (χ1v) is 10.2. The zero-order chi connectivity index (χ0) is 19.4. The SMILES string of the molecule is CCOC(=O)[C@]12CCCN(Cc3cccnc3)C[C@H]1CN(Cc1ccoc1)C2. The van der Waals surface area contributed by atoms with E-state index in [4.69, 9.17) is 9.15 Å². The van der Waals surface area contributed by atoms with Crippen LogP contribution in [0.3, 0.4) is 0 Å². The van der Waals surface area contributed by atoms with Crippen LogP contribution in [0.25, 0.3) is 0 Å². The Hall–Kier alpha value is -2.18. The van der Waals surface area contributed by atoms with Crippen LogP contribution in [-0.2, 0) is 22.6 Å². The van der Waals surface area contributed by atoms with Crippen LogP contribution < -0.4 is 0 Å². The molecule has 2 atom stereocenters. The van der Waals surface area contributed by atoms with E-state index in [9.17, 15) is 4.79 Å². The standard InChI is InChI=1S/C22H29N3O3/c1-2-28-21(26)22-7-4-9-24(12-18-5-3-8-23-11-18)14-20(22)15-25(17-22)13-19-6-10-27-16-19/h3,5-6,8,10-11,16,20H,2,4,7,9,12-15,17H2,1H3/t20-,22-/m0/s1. The van der Waals surface area contributed by atoms with Gasteiger partial charge in [-0.1, -0.05) is 6.07 Å². The second-order valence-electron chi connectivity index (χ2n) is 8.07. The van der Waals surface area contributed by atoms with Gasteiger partial charge in [-0.2, -0.15) is 0 Å². The number of hydrogen-bond donors (Lipinski definition) is 0. The molecule has 2 aliphatic heterocycles. The normalized spacial score (nSPS) is 26.0. The second-order valence-corrected chi connectivity index (χ2v) is 8.07. The van der Waals surface area contributed by atoms with E-state index in [-0.39, 0.29) is 11.9 Å². The van der Waals surface area contributed by atoms with E-state index >= 15 is 0 Å². The summed E-state index contributed by atoms with van der Waals surface area (Å²) in [5.74, 6) is 0.260. The highest BCUT2D eigenvalue weighted by Gasteiger charge is 2.53. The Bertz CT molecular complexity index is 765. The molecule has 2 saturated heterocycles. The molecular formula is C22H29N3O3. The number of likely N-dealkylation sites (tertiary alicyclic amines) is 2. The molecule has 2 aliphatic rings. The summed E-state index contributed by atoms with van der Waals surface area (Å²) in [4.78, 5) is 22.2. The molecule has 2 fully saturated rings. The zero-order valence-electron chi connectivity index (χ0n) is 16.5. The lowest BCUT2D eigenvalue weighted by atomic mass is 9.75. The largest absolute Gasteiger partial charge is 0.472 e. The summed E-state index contributed by atoms with van der Waals surface area (Å²) in [6, 6.07) is 6.11. The molecule has 0 unspecified atom stereocenters. The fourth-order valence-corrected chi connectivity index (χ4v) is 4.88. The number of esters is 1. The molecule has 28 heavy (non-hydrogen) atoms. The van der Waals surface area contributed by atoms with Crippen molar-refractivity contribution in [2.45, 2.75) is 32.9 Å². The highest BCUT2D eigenvalue weighted by molar-refractivity contribution is 5.78. The van der Waals surface area contributed by atoms with Crippen molar-refractivity contribution in [2.75, 3.05) is 32.8 Å². The molecule has 0 aromatic carbocycles. The molecule has 0 radical (unpaired) electrons. The first-order valence-electron chi connectivity index (χ1n) is 10.2. The Labute approximate surface area is 166 Å². The van der Waals surface area contributed by atoms with Crippen molar-refractivity contribution < 1.29 is 13.9 Å². The predicted molar refractivity (Wildman–Crippen MR) is 105 cm³/mol. The first-order chi connectivity index (χ1) is 13.7. The third-order valence-electron chi connectivity index (χ3n) is 6.14. The van der Waals surface area contributed by atoms with Crippen LogP contribution in [0.1, 0.15) is 30.9 Å². The van der Waals surface area contributed by atoms with Gasteiger partial charge in [-0.05, 0) is 44.0 Å². The number of carbonyl (C=O) groups excluding carboxylic acids is 1. The monoisotopic (exact) mass is 383 g/mol. The minimum atomic E-state index is -0.399. The van der Waals surface area contributed by atoms with Crippen molar-refractivity contribution in [3.05, 3.63) is 54.2 Å². The van der Waals surface area contributed by atoms with E-state index in [1.165, 1.54) is 5.56 Å². The highest BCUT2D eigenvalue weighted by Crippen LogP contribution is 2.44. The first kappa shape index (κ1) is 19.2. The van der Waals surface area contributed by atoms with Gasteiger partial charge in [-0.25, -0.2) is 0 Å². The number of carbonyl (C=O) groups is 1. The Morgan fingerprint density at radius 2 is 2.14 bits per heavy atom. The zero-order valence-corrected chi connectivity index (χ0v) is 16.5. The summed E-state index contributed by atoms with van der Waals surface area (Å²) in [6.07, 6.45) is 9.14. The lowest BCUT2D eigenvalue weighted by molar-refractivity contribution is -0.157. The van der Waals surface area contributed by atoms with E-state index < -0.39 is 5.41 Å². The molecule has 0 amide bonds. The maximum atomic E-state index is 13.1. The van der Waals surface area contributed by atoms with E-state index in [2.05, 4.69) is 20.9 Å². The Kier molecular flexibility index (Phi) is 5.78. The van der Waals surface area contributed by atoms with Gasteiger partial charge in [0.2, 0.25) is 0 Å². The van der Waals surface area contributed by atoms with Gasteiger partial charge in [0.1, 0.15) is 0 Å². The van der Waals surface area contributed by atoms with Gasteiger partial charge < -0.3 is 9.15 Å². The fraction of sp³-hybridized carbons (Fsp3) is 0.545. The van der Waals surface area contributed by atoms with Crippen molar-refractivity contribution in [2.24, 2.45) is 11.3 Å². The summed E-state index contributed by atoms with van der Waals surface area (Å²) in [7, 11) is 0. The Morgan fingerprint density at radius 1 is 1.29 bits per heavy atom. The lowest BCUT2D eigenvalue weighted by Crippen LogP contribution is -2.42. The minimum absolute atomic E-state index is 0.0158. The van der Waals surface area contributed by atoms with Crippen molar-refractivity contribution >= 4 is 5.97 Å². The van der Waals surface area contributed by atoms with E-state index in [1.54, 1.807) is 12.5 Å². The highest BCUT2D eigenvalue weighted by atomic mass is 16.5. The average Bonchev–Trinajstić information content (AvgIpc) is 3.28. The summed E-state index contributed by atoms with van der Waals surface area (Å²) >= 11 is 0. The van der Waals surface area contributed by atoms with Gasteiger partial charge in [0.15, 0.2) is 0 Å². The molecule has 6 nitrogen and oxygen atoms in total. The predicted octanol–water partition coefficient (Wildman–Crippen LogP) is 2.95. The number of rotatable bonds is 6. The molecule has 0 aliphatic carbocycles. The maximum Gasteiger partial charge on any atom is 0.313 e. The van der Waals surface area contributed by atoms with Crippen LogP contribution in [0, 0.1) is 11.3 Å². The molecule has 0 spiro atoms. The molecule has 4 rings (SSSR count). The molecular weight excluding hydrogens is 354 g/mol. The molecule has 0 saturated carbocycles. The van der Waals surface area contributed by atoms with Crippen LogP contribution in [0.4, 0.5) is 0 Å².